The van der Waals surface area contributed by atoms with E-state index in [0.29, 0.717) is 0 Å². The zero-order chi connectivity index (χ0) is 17.8. The standard InChI is InChI=1S/C19H28N2O3/c1-18(2,3)24-17(23)20-19(4,14-22)16-11-8-12-21(16)13-15-9-6-5-7-10-15/h5-7,9-10,14,16H,8,11-13H2,1-4H3,(H,20,23). The Bertz CT molecular complexity index is 568. The summed E-state index contributed by atoms with van der Waals surface area (Å²) in [6, 6.07) is 10.1. The minimum Gasteiger partial charge on any atom is -0.444 e. The number of benzene rings is 1. The van der Waals surface area contributed by atoms with Gasteiger partial charge >= 0.3 is 6.09 Å². The lowest BCUT2D eigenvalue weighted by atomic mass is 9.91. The van der Waals surface area contributed by atoms with Crippen LogP contribution >= 0.6 is 0 Å². The minimum absolute atomic E-state index is 0.0391. The summed E-state index contributed by atoms with van der Waals surface area (Å²) < 4.78 is 5.32. The topological polar surface area (TPSA) is 58.6 Å². The van der Waals surface area contributed by atoms with Gasteiger partial charge in [-0.15, -0.1) is 0 Å². The first-order valence-electron chi connectivity index (χ1n) is 8.49. The summed E-state index contributed by atoms with van der Waals surface area (Å²) in [5.74, 6) is 0. The maximum atomic E-state index is 12.1. The van der Waals surface area contributed by atoms with Gasteiger partial charge in [0.25, 0.3) is 0 Å². The summed E-state index contributed by atoms with van der Waals surface area (Å²) in [6.45, 7) is 8.88. The molecule has 0 bridgehead atoms. The molecule has 0 aliphatic carbocycles. The first kappa shape index (κ1) is 18.5. The molecule has 1 saturated heterocycles. The second kappa shape index (κ2) is 7.34. The number of hydrogen-bond donors (Lipinski definition) is 1. The summed E-state index contributed by atoms with van der Waals surface area (Å²) in [5.41, 5.74) is -0.351. The highest BCUT2D eigenvalue weighted by Crippen LogP contribution is 2.28. The summed E-state index contributed by atoms with van der Waals surface area (Å²) in [7, 11) is 0. The second-order valence-corrected chi connectivity index (χ2v) is 7.64. The number of likely N-dealkylation sites (tertiary alicyclic amines) is 1. The van der Waals surface area contributed by atoms with Gasteiger partial charge in [-0.3, -0.25) is 4.90 Å². The molecule has 1 aliphatic heterocycles. The van der Waals surface area contributed by atoms with Crippen LogP contribution in [-0.4, -0.2) is 41.0 Å². The van der Waals surface area contributed by atoms with Crippen LogP contribution < -0.4 is 5.32 Å². The van der Waals surface area contributed by atoms with E-state index in [1.54, 1.807) is 6.92 Å². The molecule has 132 valence electrons. The van der Waals surface area contributed by atoms with Crippen molar-refractivity contribution in [3.63, 3.8) is 0 Å². The van der Waals surface area contributed by atoms with Crippen molar-refractivity contribution in [2.24, 2.45) is 0 Å². The third kappa shape index (κ3) is 4.81. The highest BCUT2D eigenvalue weighted by atomic mass is 16.6. The van der Waals surface area contributed by atoms with Crippen LogP contribution in [0.2, 0.25) is 0 Å². The van der Waals surface area contributed by atoms with Crippen molar-refractivity contribution in [1.82, 2.24) is 10.2 Å². The van der Waals surface area contributed by atoms with Crippen LogP contribution in [0.4, 0.5) is 4.79 Å². The van der Waals surface area contributed by atoms with Crippen LogP contribution in [0.1, 0.15) is 46.1 Å². The fourth-order valence-corrected chi connectivity index (χ4v) is 3.23. The number of amides is 1. The summed E-state index contributed by atoms with van der Waals surface area (Å²) in [6.07, 6.45) is 2.17. The van der Waals surface area contributed by atoms with Crippen LogP contribution in [0.15, 0.2) is 30.3 Å². The smallest absolute Gasteiger partial charge is 0.408 e. The van der Waals surface area contributed by atoms with Crippen LogP contribution in [0.25, 0.3) is 0 Å². The number of nitrogens with zero attached hydrogens (tertiary/aromatic N) is 1. The zero-order valence-corrected chi connectivity index (χ0v) is 15.0. The van der Waals surface area contributed by atoms with E-state index in [1.807, 2.05) is 39.0 Å². The van der Waals surface area contributed by atoms with Gasteiger partial charge < -0.3 is 14.8 Å². The van der Waals surface area contributed by atoms with Gasteiger partial charge in [-0.2, -0.15) is 0 Å². The first-order valence-corrected chi connectivity index (χ1v) is 8.49. The maximum Gasteiger partial charge on any atom is 0.408 e. The maximum absolute atomic E-state index is 12.1. The Balaban J connectivity index is 2.09. The van der Waals surface area contributed by atoms with Crippen LogP contribution in [0.3, 0.4) is 0 Å². The summed E-state index contributed by atoms with van der Waals surface area (Å²) >= 11 is 0. The second-order valence-electron chi connectivity index (χ2n) is 7.64. The van der Waals surface area contributed by atoms with E-state index < -0.39 is 17.2 Å². The van der Waals surface area contributed by atoms with E-state index in [2.05, 4.69) is 22.3 Å². The third-order valence-electron chi connectivity index (χ3n) is 4.30. The van der Waals surface area contributed by atoms with Crippen molar-refractivity contribution in [3.8, 4) is 0 Å². The normalized spacial score (nSPS) is 21.1. The van der Waals surface area contributed by atoms with E-state index in [-0.39, 0.29) is 6.04 Å². The quantitative estimate of drug-likeness (QED) is 0.842. The van der Waals surface area contributed by atoms with E-state index >= 15 is 0 Å². The average molecular weight is 332 g/mol. The Hall–Kier alpha value is -1.88. The first-order chi connectivity index (χ1) is 11.2. The van der Waals surface area contributed by atoms with Gasteiger partial charge in [0.05, 0.1) is 0 Å². The molecule has 2 unspecified atom stereocenters. The molecule has 1 fully saturated rings. The average Bonchev–Trinajstić information content (AvgIpc) is 2.95. The lowest BCUT2D eigenvalue weighted by Gasteiger charge is -2.37. The predicted octanol–water partition coefficient (Wildman–Crippen LogP) is 3.13. The van der Waals surface area contributed by atoms with Crippen molar-refractivity contribution in [3.05, 3.63) is 35.9 Å². The molecule has 1 aromatic rings. The van der Waals surface area contributed by atoms with E-state index in [1.165, 1.54) is 5.56 Å². The van der Waals surface area contributed by atoms with Gasteiger partial charge in [0.2, 0.25) is 0 Å². The molecule has 24 heavy (non-hydrogen) atoms. The molecule has 2 atom stereocenters. The Morgan fingerprint density at radius 1 is 1.29 bits per heavy atom. The molecule has 1 aliphatic rings. The molecule has 0 aromatic heterocycles. The van der Waals surface area contributed by atoms with Gasteiger partial charge in [0.15, 0.2) is 0 Å². The number of hydrogen-bond acceptors (Lipinski definition) is 4. The highest BCUT2D eigenvalue weighted by Gasteiger charge is 2.42. The molecule has 1 aromatic carbocycles. The lowest BCUT2D eigenvalue weighted by Crippen LogP contribution is -2.60. The van der Waals surface area contributed by atoms with Gasteiger partial charge in [0, 0.05) is 12.6 Å². The van der Waals surface area contributed by atoms with E-state index in [4.69, 9.17) is 4.74 Å². The van der Waals surface area contributed by atoms with Crippen molar-refractivity contribution in [2.75, 3.05) is 6.54 Å². The molecule has 1 amide bonds. The molecule has 1 heterocycles. The molecule has 0 spiro atoms. The number of carbonyl (C=O) groups is 2. The number of aldehydes is 1. The number of rotatable bonds is 5. The molecule has 5 nitrogen and oxygen atoms in total. The monoisotopic (exact) mass is 332 g/mol. The molecular weight excluding hydrogens is 304 g/mol. The SMILES string of the molecule is CC(C)(C)OC(=O)NC(C)(C=O)C1CCCN1Cc1ccccc1. The Labute approximate surface area is 144 Å². The van der Waals surface area contributed by atoms with Gasteiger partial charge in [-0.1, -0.05) is 30.3 Å². The fourth-order valence-electron chi connectivity index (χ4n) is 3.23. The zero-order valence-electron chi connectivity index (χ0n) is 15.0. The molecule has 1 N–H and O–H groups in total. The Morgan fingerprint density at radius 2 is 1.96 bits per heavy atom. The molecular formula is C19H28N2O3. The van der Waals surface area contributed by atoms with Gasteiger partial charge in [0.1, 0.15) is 17.4 Å². The molecule has 0 radical (unpaired) electrons. The van der Waals surface area contributed by atoms with Gasteiger partial charge in [-0.05, 0) is 52.6 Å². The number of nitrogens with one attached hydrogen (secondary N) is 1. The molecule has 5 heteroatoms. The van der Waals surface area contributed by atoms with Crippen molar-refractivity contribution >= 4 is 12.4 Å². The summed E-state index contributed by atoms with van der Waals surface area (Å²) in [4.78, 5) is 26.2. The predicted molar refractivity (Wildman–Crippen MR) is 93.7 cm³/mol. The van der Waals surface area contributed by atoms with Crippen molar-refractivity contribution in [2.45, 2.75) is 64.3 Å². The lowest BCUT2D eigenvalue weighted by molar-refractivity contribution is -0.115. The molecule has 2 rings (SSSR count). The Kier molecular flexibility index (Phi) is 5.65. The van der Waals surface area contributed by atoms with Crippen LogP contribution in [0, 0.1) is 0 Å². The largest absolute Gasteiger partial charge is 0.444 e. The summed E-state index contributed by atoms with van der Waals surface area (Å²) in [5, 5.41) is 2.79. The number of alkyl carbamates (subject to hydrolysis) is 1. The van der Waals surface area contributed by atoms with E-state index in [0.717, 1.165) is 32.2 Å². The number of ether oxygens (including phenoxy) is 1. The van der Waals surface area contributed by atoms with E-state index in [9.17, 15) is 9.59 Å². The highest BCUT2D eigenvalue weighted by molar-refractivity contribution is 5.77. The third-order valence-corrected chi connectivity index (χ3v) is 4.30. The molecule has 0 saturated carbocycles. The van der Waals surface area contributed by atoms with Crippen molar-refractivity contribution < 1.29 is 14.3 Å². The fraction of sp³-hybridized carbons (Fsp3) is 0.579. The number of carbonyl (C=O) groups excluding carboxylic acids is 2. The van der Waals surface area contributed by atoms with Crippen LogP contribution in [-0.2, 0) is 16.1 Å². The van der Waals surface area contributed by atoms with Gasteiger partial charge in [-0.25, -0.2) is 4.79 Å². The van der Waals surface area contributed by atoms with Crippen molar-refractivity contribution in [1.29, 1.82) is 0 Å². The van der Waals surface area contributed by atoms with Crippen LogP contribution in [0.5, 0.6) is 0 Å². The minimum atomic E-state index is -0.965. The Morgan fingerprint density at radius 3 is 2.54 bits per heavy atom.